The molecule has 5 nitrogen and oxygen atoms in total. The third-order valence-corrected chi connectivity index (χ3v) is 5.54. The number of carbonyl (C=O) groups is 2. The molecule has 0 bridgehead atoms. The predicted octanol–water partition coefficient (Wildman–Crippen LogP) is 7.33. The van der Waals surface area contributed by atoms with Crippen LogP contribution in [0.3, 0.4) is 0 Å². The van der Waals surface area contributed by atoms with Gasteiger partial charge in [0, 0.05) is 12.8 Å². The van der Waals surface area contributed by atoms with Gasteiger partial charge < -0.3 is 14.2 Å². The topological polar surface area (TPSA) is 61.8 Å². The molecule has 1 aromatic carbocycles. The predicted molar refractivity (Wildman–Crippen MR) is 124 cm³/mol. The van der Waals surface area contributed by atoms with E-state index in [4.69, 9.17) is 9.47 Å². The van der Waals surface area contributed by atoms with E-state index in [1.54, 1.807) is 0 Å². The summed E-state index contributed by atoms with van der Waals surface area (Å²) in [6.45, 7) is 1.70. The highest BCUT2D eigenvalue weighted by atomic mass is 19.2. The summed E-state index contributed by atoms with van der Waals surface area (Å²) in [5, 5.41) is 0. The zero-order valence-corrected chi connectivity index (χ0v) is 21.0. The Hall–Kier alpha value is -2.39. The number of hydrogen-bond donors (Lipinski definition) is 0. The van der Waals surface area contributed by atoms with E-state index in [0.717, 1.165) is 44.9 Å². The van der Waals surface area contributed by atoms with Gasteiger partial charge in [-0.3, -0.25) is 9.59 Å². The van der Waals surface area contributed by atoms with Crippen LogP contribution < -0.4 is 4.74 Å². The molecule has 0 unspecified atom stereocenters. The molecule has 36 heavy (non-hydrogen) atoms. The van der Waals surface area contributed by atoms with Crippen molar-refractivity contribution in [1.82, 2.24) is 0 Å². The summed E-state index contributed by atoms with van der Waals surface area (Å²) < 4.78 is 80.8. The highest BCUT2D eigenvalue weighted by Crippen LogP contribution is 2.29. The first-order valence-electron chi connectivity index (χ1n) is 12.7. The second-order valence-corrected chi connectivity index (χ2v) is 8.58. The van der Waals surface area contributed by atoms with Crippen molar-refractivity contribution in [2.75, 3.05) is 19.8 Å². The van der Waals surface area contributed by atoms with Gasteiger partial charge in [-0.25, -0.2) is 13.2 Å². The molecule has 206 valence electrons. The number of esters is 2. The van der Waals surface area contributed by atoms with Crippen molar-refractivity contribution in [2.45, 2.75) is 96.8 Å². The van der Waals surface area contributed by atoms with Gasteiger partial charge in [0.05, 0.1) is 6.61 Å². The summed E-state index contributed by atoms with van der Waals surface area (Å²) in [5.74, 6) is -12.8. The largest absolute Gasteiger partial charge is 0.484 e. The van der Waals surface area contributed by atoms with Crippen LogP contribution in [0.2, 0.25) is 0 Å². The second kappa shape index (κ2) is 18.8. The van der Waals surface area contributed by atoms with Crippen molar-refractivity contribution in [1.29, 1.82) is 0 Å². The number of ether oxygens (including phenoxy) is 3. The van der Waals surface area contributed by atoms with Crippen LogP contribution in [0.25, 0.3) is 0 Å². The summed E-state index contributed by atoms with van der Waals surface area (Å²) in [4.78, 5) is 23.4. The number of carbonyl (C=O) groups excluding carboxylic acids is 2. The molecular weight excluding hydrogens is 487 g/mol. The lowest BCUT2D eigenvalue weighted by Gasteiger charge is -2.10. The average Bonchev–Trinajstić information content (AvgIpc) is 2.86. The minimum atomic E-state index is -2.27. The maximum atomic E-state index is 13.5. The van der Waals surface area contributed by atoms with Crippen molar-refractivity contribution in [3.05, 3.63) is 29.1 Å². The Bertz CT molecular complexity index is 774. The number of halogens is 5. The van der Waals surface area contributed by atoms with Crippen LogP contribution >= 0.6 is 0 Å². The number of unbranched alkanes of at least 4 members (excludes halogenated alkanes) is 10. The van der Waals surface area contributed by atoms with Gasteiger partial charge in [0.15, 0.2) is 5.75 Å². The Morgan fingerprint density at radius 3 is 1.47 bits per heavy atom. The van der Waals surface area contributed by atoms with Crippen LogP contribution in [-0.2, 0) is 19.1 Å². The molecule has 0 N–H and O–H groups in total. The molecule has 0 fully saturated rings. The van der Waals surface area contributed by atoms with Gasteiger partial charge in [0.25, 0.3) is 0 Å². The third-order valence-electron chi connectivity index (χ3n) is 5.54. The lowest BCUT2D eigenvalue weighted by molar-refractivity contribution is -0.145. The standard InChI is InChI=1S/C26H37F5O5/c1-2-3-4-5-10-13-16-34-19(32)14-11-8-6-7-9-12-15-20(33)35-17-18-36-26-24(30)22(28)21(27)23(29)25(26)31/h2-18H2,1H3. The first kappa shape index (κ1) is 31.6. The lowest BCUT2D eigenvalue weighted by atomic mass is 10.1. The molecular formula is C26H37F5O5. The monoisotopic (exact) mass is 524 g/mol. The Morgan fingerprint density at radius 2 is 0.944 bits per heavy atom. The molecule has 1 aromatic rings. The highest BCUT2D eigenvalue weighted by Gasteiger charge is 2.27. The van der Waals surface area contributed by atoms with Crippen LogP contribution in [0.15, 0.2) is 0 Å². The molecule has 1 rings (SSSR count). The Labute approximate surface area is 209 Å². The summed E-state index contributed by atoms with van der Waals surface area (Å²) in [6, 6.07) is 0. The molecule has 0 aliphatic carbocycles. The maximum Gasteiger partial charge on any atom is 0.305 e. The molecule has 0 aromatic heterocycles. The molecule has 0 radical (unpaired) electrons. The van der Waals surface area contributed by atoms with Crippen LogP contribution in [-0.4, -0.2) is 31.8 Å². The van der Waals surface area contributed by atoms with Crippen molar-refractivity contribution in [3.63, 3.8) is 0 Å². The van der Waals surface area contributed by atoms with Crippen molar-refractivity contribution >= 4 is 11.9 Å². The van der Waals surface area contributed by atoms with Gasteiger partial charge in [-0.1, -0.05) is 64.7 Å². The van der Waals surface area contributed by atoms with E-state index in [9.17, 15) is 31.5 Å². The summed E-state index contributed by atoms with van der Waals surface area (Å²) in [7, 11) is 0. The number of hydrogen-bond acceptors (Lipinski definition) is 5. The molecule has 10 heteroatoms. The third kappa shape index (κ3) is 12.5. The van der Waals surface area contributed by atoms with Crippen LogP contribution in [0.1, 0.15) is 96.8 Å². The van der Waals surface area contributed by atoms with E-state index in [-0.39, 0.29) is 12.4 Å². The maximum absolute atomic E-state index is 13.5. The van der Waals surface area contributed by atoms with Crippen molar-refractivity contribution in [3.8, 4) is 5.75 Å². The summed E-state index contributed by atoms with van der Waals surface area (Å²) in [6.07, 6.45) is 12.3. The first-order valence-corrected chi connectivity index (χ1v) is 12.7. The number of rotatable bonds is 20. The number of benzene rings is 1. The van der Waals surface area contributed by atoms with Crippen LogP contribution in [0.5, 0.6) is 5.75 Å². The minimum absolute atomic E-state index is 0.132. The fourth-order valence-electron chi connectivity index (χ4n) is 3.47. The van der Waals surface area contributed by atoms with Gasteiger partial charge in [0.2, 0.25) is 29.1 Å². The van der Waals surface area contributed by atoms with Crippen molar-refractivity contribution in [2.24, 2.45) is 0 Å². The smallest absolute Gasteiger partial charge is 0.305 e. The molecule has 0 amide bonds. The van der Waals surface area contributed by atoms with E-state index in [1.807, 2.05) is 0 Å². The van der Waals surface area contributed by atoms with Crippen LogP contribution in [0, 0.1) is 29.1 Å². The molecule has 0 atom stereocenters. The quantitative estimate of drug-likeness (QED) is 0.0588. The SMILES string of the molecule is CCCCCCCCOC(=O)CCCCCCCCC(=O)OCCOc1c(F)c(F)c(F)c(F)c1F. The molecule has 0 aliphatic rings. The van der Waals surface area contributed by atoms with E-state index < -0.39 is 54.0 Å². The highest BCUT2D eigenvalue weighted by molar-refractivity contribution is 5.69. The van der Waals surface area contributed by atoms with E-state index >= 15 is 0 Å². The zero-order chi connectivity index (χ0) is 26.8. The average molecular weight is 525 g/mol. The molecule has 0 heterocycles. The van der Waals surface area contributed by atoms with Gasteiger partial charge in [-0.2, -0.15) is 8.78 Å². The van der Waals surface area contributed by atoms with Crippen molar-refractivity contribution < 1.29 is 45.8 Å². The van der Waals surface area contributed by atoms with E-state index in [1.165, 1.54) is 25.7 Å². The van der Waals surface area contributed by atoms with E-state index in [0.29, 0.717) is 19.4 Å². The Kier molecular flexibility index (Phi) is 16.5. The van der Waals surface area contributed by atoms with Crippen LogP contribution in [0.4, 0.5) is 22.0 Å². The molecule has 0 aliphatic heterocycles. The fraction of sp³-hybridized carbons (Fsp3) is 0.692. The summed E-state index contributed by atoms with van der Waals surface area (Å²) >= 11 is 0. The van der Waals surface area contributed by atoms with Gasteiger partial charge in [-0.15, -0.1) is 0 Å². The minimum Gasteiger partial charge on any atom is -0.484 e. The van der Waals surface area contributed by atoms with Gasteiger partial charge in [0.1, 0.15) is 13.2 Å². The molecule has 0 saturated heterocycles. The van der Waals surface area contributed by atoms with E-state index in [2.05, 4.69) is 11.7 Å². The molecule has 0 spiro atoms. The summed E-state index contributed by atoms with van der Waals surface area (Å²) in [5.41, 5.74) is 0. The second-order valence-electron chi connectivity index (χ2n) is 8.58. The Balaban J connectivity index is 1.99. The lowest BCUT2D eigenvalue weighted by Crippen LogP contribution is -2.14. The van der Waals surface area contributed by atoms with Gasteiger partial charge >= 0.3 is 11.9 Å². The molecule has 0 saturated carbocycles. The zero-order valence-electron chi connectivity index (χ0n) is 21.0. The normalized spacial score (nSPS) is 10.9. The van der Waals surface area contributed by atoms with Gasteiger partial charge in [-0.05, 0) is 19.3 Å². The first-order chi connectivity index (χ1) is 17.3. The Morgan fingerprint density at radius 1 is 0.528 bits per heavy atom. The fourth-order valence-corrected chi connectivity index (χ4v) is 3.47.